The van der Waals surface area contributed by atoms with E-state index in [2.05, 4.69) is 9.97 Å². The molecule has 1 fully saturated rings. The fourth-order valence-corrected chi connectivity index (χ4v) is 2.58. The van der Waals surface area contributed by atoms with E-state index in [9.17, 15) is 4.79 Å². The maximum atomic E-state index is 12.0. The van der Waals surface area contributed by atoms with Crippen LogP contribution in [-0.4, -0.2) is 15.8 Å². The zero-order valence-corrected chi connectivity index (χ0v) is 9.60. The molecule has 0 radical (unpaired) electrons. The van der Waals surface area contributed by atoms with Gasteiger partial charge in [-0.15, -0.1) is 0 Å². The number of benzene rings is 1. The zero-order chi connectivity index (χ0) is 11.7. The molecule has 3 nitrogen and oxygen atoms in total. The van der Waals surface area contributed by atoms with E-state index in [1.54, 1.807) is 6.33 Å². The molecule has 1 aromatic heterocycles. The molecule has 17 heavy (non-hydrogen) atoms. The number of aromatic nitrogens is 2. The Kier molecular flexibility index (Phi) is 2.59. The second-order valence-corrected chi connectivity index (χ2v) is 4.54. The van der Waals surface area contributed by atoms with Crippen LogP contribution >= 0.6 is 0 Å². The Morgan fingerprint density at radius 3 is 2.88 bits per heavy atom. The molecule has 0 aliphatic heterocycles. The standard InChI is InChI=1S/C14H14N2O/c17-13-8-4-2-6-11(13)14-10-5-1-3-7-12(10)15-9-16-14/h1,3,5,7,9,11H,2,4,6,8H2. The lowest BCUT2D eigenvalue weighted by atomic mass is 9.84. The minimum atomic E-state index is -0.0170. The summed E-state index contributed by atoms with van der Waals surface area (Å²) in [6, 6.07) is 7.91. The van der Waals surface area contributed by atoms with Crippen molar-refractivity contribution in [1.29, 1.82) is 0 Å². The summed E-state index contributed by atoms with van der Waals surface area (Å²) in [5, 5.41) is 1.02. The molecular formula is C14H14N2O. The van der Waals surface area contributed by atoms with Crippen LogP contribution in [-0.2, 0) is 4.79 Å². The van der Waals surface area contributed by atoms with Crippen LogP contribution in [0.15, 0.2) is 30.6 Å². The van der Waals surface area contributed by atoms with Crippen molar-refractivity contribution in [3.8, 4) is 0 Å². The van der Waals surface area contributed by atoms with Gasteiger partial charge in [-0.3, -0.25) is 4.79 Å². The maximum Gasteiger partial charge on any atom is 0.141 e. The van der Waals surface area contributed by atoms with Crippen molar-refractivity contribution < 1.29 is 4.79 Å². The van der Waals surface area contributed by atoms with Gasteiger partial charge in [0.1, 0.15) is 12.1 Å². The van der Waals surface area contributed by atoms with E-state index in [0.717, 1.165) is 35.9 Å². The summed E-state index contributed by atoms with van der Waals surface area (Å²) in [4.78, 5) is 20.6. The van der Waals surface area contributed by atoms with Crippen molar-refractivity contribution in [3.63, 3.8) is 0 Å². The number of hydrogen-bond donors (Lipinski definition) is 0. The van der Waals surface area contributed by atoms with Crippen LogP contribution in [0.2, 0.25) is 0 Å². The highest BCUT2D eigenvalue weighted by Crippen LogP contribution is 2.31. The van der Waals surface area contributed by atoms with Gasteiger partial charge in [-0.2, -0.15) is 0 Å². The highest BCUT2D eigenvalue weighted by atomic mass is 16.1. The van der Waals surface area contributed by atoms with Crippen molar-refractivity contribution in [2.45, 2.75) is 31.6 Å². The number of carbonyl (C=O) groups excluding carboxylic acids is 1. The van der Waals surface area contributed by atoms with Gasteiger partial charge in [0, 0.05) is 11.8 Å². The molecule has 3 heteroatoms. The number of carbonyl (C=O) groups is 1. The second kappa shape index (κ2) is 4.24. The lowest BCUT2D eigenvalue weighted by Crippen LogP contribution is -2.18. The third kappa shape index (κ3) is 1.82. The molecule has 86 valence electrons. The first-order valence-corrected chi connectivity index (χ1v) is 6.08. The van der Waals surface area contributed by atoms with Crippen LogP contribution in [0.3, 0.4) is 0 Å². The minimum absolute atomic E-state index is 0.0170. The van der Waals surface area contributed by atoms with Crippen LogP contribution in [0.5, 0.6) is 0 Å². The van der Waals surface area contributed by atoms with E-state index in [-0.39, 0.29) is 5.92 Å². The molecule has 2 aromatic rings. The molecule has 1 saturated carbocycles. The molecule has 0 N–H and O–H groups in total. The van der Waals surface area contributed by atoms with Gasteiger partial charge < -0.3 is 0 Å². The molecule has 0 bridgehead atoms. The quantitative estimate of drug-likeness (QED) is 0.751. The van der Waals surface area contributed by atoms with Crippen LogP contribution < -0.4 is 0 Å². The van der Waals surface area contributed by atoms with Gasteiger partial charge in [-0.05, 0) is 18.9 Å². The van der Waals surface area contributed by atoms with Crippen molar-refractivity contribution in [2.75, 3.05) is 0 Å². The topological polar surface area (TPSA) is 42.9 Å². The average molecular weight is 226 g/mol. The Bertz CT molecular complexity index is 560. The molecule has 1 aliphatic rings. The first-order chi connectivity index (χ1) is 8.36. The van der Waals surface area contributed by atoms with Gasteiger partial charge >= 0.3 is 0 Å². The summed E-state index contributed by atoms with van der Waals surface area (Å²) in [7, 11) is 0. The Hall–Kier alpha value is -1.77. The number of ketones is 1. The fraction of sp³-hybridized carbons (Fsp3) is 0.357. The number of hydrogen-bond acceptors (Lipinski definition) is 3. The molecule has 1 atom stereocenters. The average Bonchev–Trinajstić information content (AvgIpc) is 2.39. The Morgan fingerprint density at radius 1 is 1.12 bits per heavy atom. The summed E-state index contributed by atoms with van der Waals surface area (Å²) < 4.78 is 0. The predicted octanol–water partition coefficient (Wildman–Crippen LogP) is 2.86. The summed E-state index contributed by atoms with van der Waals surface area (Å²) in [6.07, 6.45) is 5.34. The molecule has 1 unspecified atom stereocenters. The molecule has 1 heterocycles. The van der Waals surface area contributed by atoms with Gasteiger partial charge in [0.2, 0.25) is 0 Å². The fourth-order valence-electron chi connectivity index (χ4n) is 2.58. The van der Waals surface area contributed by atoms with Crippen LogP contribution in [0.4, 0.5) is 0 Å². The van der Waals surface area contributed by atoms with E-state index in [1.165, 1.54) is 0 Å². The molecular weight excluding hydrogens is 212 g/mol. The van der Waals surface area contributed by atoms with E-state index >= 15 is 0 Å². The van der Waals surface area contributed by atoms with Gasteiger partial charge in [-0.1, -0.05) is 24.6 Å². The van der Waals surface area contributed by atoms with Gasteiger partial charge in [0.15, 0.2) is 0 Å². The number of rotatable bonds is 1. The molecule has 3 rings (SSSR count). The minimum Gasteiger partial charge on any atom is -0.299 e. The summed E-state index contributed by atoms with van der Waals surface area (Å²) in [5.41, 5.74) is 1.84. The molecule has 0 saturated heterocycles. The summed E-state index contributed by atoms with van der Waals surface area (Å²) >= 11 is 0. The predicted molar refractivity (Wildman–Crippen MR) is 65.8 cm³/mol. The molecule has 0 spiro atoms. The van der Waals surface area contributed by atoms with Gasteiger partial charge in [0.05, 0.1) is 17.1 Å². The lowest BCUT2D eigenvalue weighted by Gasteiger charge is -2.20. The van der Waals surface area contributed by atoms with Gasteiger partial charge in [0.25, 0.3) is 0 Å². The normalized spacial score (nSPS) is 20.7. The second-order valence-electron chi connectivity index (χ2n) is 4.54. The monoisotopic (exact) mass is 226 g/mol. The van der Waals surface area contributed by atoms with E-state index in [1.807, 2.05) is 24.3 Å². The molecule has 0 amide bonds. The number of nitrogens with zero attached hydrogens (tertiary/aromatic N) is 2. The highest BCUT2D eigenvalue weighted by molar-refractivity contribution is 5.91. The van der Waals surface area contributed by atoms with Crippen LogP contribution in [0.25, 0.3) is 10.9 Å². The Labute approximate surface area is 99.9 Å². The third-order valence-electron chi connectivity index (χ3n) is 3.46. The van der Waals surface area contributed by atoms with E-state index < -0.39 is 0 Å². The van der Waals surface area contributed by atoms with Crippen molar-refractivity contribution in [1.82, 2.24) is 9.97 Å². The van der Waals surface area contributed by atoms with Crippen LogP contribution in [0, 0.1) is 0 Å². The van der Waals surface area contributed by atoms with Crippen molar-refractivity contribution >= 4 is 16.7 Å². The van der Waals surface area contributed by atoms with Crippen molar-refractivity contribution in [2.24, 2.45) is 0 Å². The zero-order valence-electron chi connectivity index (χ0n) is 9.60. The Morgan fingerprint density at radius 2 is 2.00 bits per heavy atom. The SMILES string of the molecule is O=C1CCCCC1c1ncnc2ccccc12. The lowest BCUT2D eigenvalue weighted by molar-refractivity contribution is -0.121. The van der Waals surface area contributed by atoms with E-state index in [0.29, 0.717) is 12.2 Å². The smallest absolute Gasteiger partial charge is 0.141 e. The number of fused-ring (bicyclic) bond motifs is 1. The molecule has 1 aromatic carbocycles. The Balaban J connectivity index is 2.13. The van der Waals surface area contributed by atoms with Crippen molar-refractivity contribution in [3.05, 3.63) is 36.3 Å². The maximum absolute atomic E-state index is 12.0. The first-order valence-electron chi connectivity index (χ1n) is 6.08. The van der Waals surface area contributed by atoms with E-state index in [4.69, 9.17) is 0 Å². The third-order valence-corrected chi connectivity index (χ3v) is 3.46. The highest BCUT2D eigenvalue weighted by Gasteiger charge is 2.26. The largest absolute Gasteiger partial charge is 0.299 e. The first kappa shape index (κ1) is 10.4. The van der Waals surface area contributed by atoms with Gasteiger partial charge in [-0.25, -0.2) is 9.97 Å². The van der Waals surface area contributed by atoms with Crippen LogP contribution in [0.1, 0.15) is 37.3 Å². The number of Topliss-reactive ketones (excluding diaryl/α,β-unsaturated/α-hetero) is 1. The summed E-state index contributed by atoms with van der Waals surface area (Å²) in [6.45, 7) is 0. The molecule has 1 aliphatic carbocycles. The number of para-hydroxylation sites is 1. The summed E-state index contributed by atoms with van der Waals surface area (Å²) in [5.74, 6) is 0.316.